The summed E-state index contributed by atoms with van der Waals surface area (Å²) in [5.41, 5.74) is 0. The molecular formula is C9H14O3. The van der Waals surface area contributed by atoms with Crippen LogP contribution < -0.4 is 0 Å². The average Bonchev–Trinajstić information content (AvgIpc) is 2.01. The summed E-state index contributed by atoms with van der Waals surface area (Å²) in [4.78, 5) is 21.4. The largest absolute Gasteiger partial charge is 0.501 e. The van der Waals surface area contributed by atoms with Crippen molar-refractivity contribution in [3.8, 4) is 0 Å². The quantitative estimate of drug-likeness (QED) is 0.429. The van der Waals surface area contributed by atoms with Gasteiger partial charge in [-0.1, -0.05) is 6.58 Å². The van der Waals surface area contributed by atoms with Crippen molar-refractivity contribution in [1.29, 1.82) is 0 Å². The highest BCUT2D eigenvalue weighted by atomic mass is 16.5. The lowest BCUT2D eigenvalue weighted by molar-refractivity contribution is -0.123. The maximum absolute atomic E-state index is 11.0. The number of hydrogen-bond donors (Lipinski definition) is 0. The molecule has 0 atom stereocenters. The van der Waals surface area contributed by atoms with Gasteiger partial charge < -0.3 is 9.53 Å². The van der Waals surface area contributed by atoms with E-state index in [0.29, 0.717) is 25.9 Å². The summed E-state index contributed by atoms with van der Waals surface area (Å²) < 4.78 is 4.77. The fourth-order valence-corrected chi connectivity index (χ4v) is 0.697. The SMILES string of the molecule is C=COCCC(=O)CCC(C)=O. The van der Waals surface area contributed by atoms with E-state index in [-0.39, 0.29) is 11.6 Å². The molecule has 68 valence electrons. The topological polar surface area (TPSA) is 43.4 Å². The molecule has 0 rings (SSSR count). The van der Waals surface area contributed by atoms with Crippen LogP contribution in [0.1, 0.15) is 26.2 Å². The molecule has 3 nitrogen and oxygen atoms in total. The van der Waals surface area contributed by atoms with E-state index in [2.05, 4.69) is 6.58 Å². The van der Waals surface area contributed by atoms with Crippen molar-refractivity contribution in [2.45, 2.75) is 26.2 Å². The van der Waals surface area contributed by atoms with Crippen molar-refractivity contribution in [2.75, 3.05) is 6.61 Å². The summed E-state index contributed by atoms with van der Waals surface area (Å²) in [7, 11) is 0. The van der Waals surface area contributed by atoms with Gasteiger partial charge >= 0.3 is 0 Å². The number of carbonyl (C=O) groups excluding carboxylic acids is 2. The number of ketones is 2. The summed E-state index contributed by atoms with van der Waals surface area (Å²) in [6.45, 7) is 5.19. The smallest absolute Gasteiger partial charge is 0.136 e. The zero-order chi connectivity index (χ0) is 9.40. The van der Waals surface area contributed by atoms with Crippen LogP contribution in [0, 0.1) is 0 Å². The fraction of sp³-hybridized carbons (Fsp3) is 0.556. The zero-order valence-corrected chi connectivity index (χ0v) is 7.34. The van der Waals surface area contributed by atoms with Crippen molar-refractivity contribution in [3.63, 3.8) is 0 Å². The van der Waals surface area contributed by atoms with Gasteiger partial charge in [0.1, 0.15) is 11.6 Å². The molecule has 0 heterocycles. The van der Waals surface area contributed by atoms with E-state index < -0.39 is 0 Å². The van der Waals surface area contributed by atoms with E-state index in [4.69, 9.17) is 4.74 Å². The van der Waals surface area contributed by atoms with Crippen LogP contribution in [0.4, 0.5) is 0 Å². The van der Waals surface area contributed by atoms with Crippen molar-refractivity contribution >= 4 is 11.6 Å². The first kappa shape index (κ1) is 10.9. The third kappa shape index (κ3) is 6.99. The summed E-state index contributed by atoms with van der Waals surface area (Å²) in [6.07, 6.45) is 2.33. The third-order valence-corrected chi connectivity index (χ3v) is 1.37. The van der Waals surface area contributed by atoms with Gasteiger partial charge in [0.05, 0.1) is 12.9 Å². The molecule has 0 bridgehead atoms. The maximum atomic E-state index is 11.0. The van der Waals surface area contributed by atoms with Gasteiger partial charge in [-0.25, -0.2) is 0 Å². The summed E-state index contributed by atoms with van der Waals surface area (Å²) in [6, 6.07) is 0. The lowest BCUT2D eigenvalue weighted by atomic mass is 10.1. The van der Waals surface area contributed by atoms with Crippen molar-refractivity contribution in [2.24, 2.45) is 0 Å². The van der Waals surface area contributed by atoms with E-state index in [9.17, 15) is 9.59 Å². The molecule has 0 saturated carbocycles. The minimum absolute atomic E-state index is 0.0491. The molecule has 12 heavy (non-hydrogen) atoms. The predicted molar refractivity (Wildman–Crippen MR) is 45.7 cm³/mol. The molecule has 0 spiro atoms. The third-order valence-electron chi connectivity index (χ3n) is 1.37. The minimum Gasteiger partial charge on any atom is -0.501 e. The Balaban J connectivity index is 3.33. The second-order valence-electron chi connectivity index (χ2n) is 2.53. The molecule has 0 aliphatic heterocycles. The Morgan fingerprint density at radius 2 is 2.00 bits per heavy atom. The molecule has 0 aromatic carbocycles. The lowest BCUT2D eigenvalue weighted by Gasteiger charge is -1.98. The van der Waals surface area contributed by atoms with Crippen molar-refractivity contribution in [1.82, 2.24) is 0 Å². The number of rotatable bonds is 7. The first-order valence-electron chi connectivity index (χ1n) is 3.90. The Morgan fingerprint density at radius 3 is 2.50 bits per heavy atom. The Kier molecular flexibility index (Phi) is 5.97. The highest BCUT2D eigenvalue weighted by Gasteiger charge is 2.02. The average molecular weight is 170 g/mol. The Labute approximate surface area is 72.4 Å². The maximum Gasteiger partial charge on any atom is 0.136 e. The monoisotopic (exact) mass is 170 g/mol. The van der Waals surface area contributed by atoms with Gasteiger partial charge in [-0.05, 0) is 6.92 Å². The summed E-state index contributed by atoms with van der Waals surface area (Å²) in [5, 5.41) is 0. The van der Waals surface area contributed by atoms with Gasteiger partial charge in [0.2, 0.25) is 0 Å². The van der Waals surface area contributed by atoms with E-state index >= 15 is 0 Å². The van der Waals surface area contributed by atoms with Gasteiger partial charge in [-0.3, -0.25) is 4.79 Å². The Bertz CT molecular complexity index is 173. The van der Waals surface area contributed by atoms with Gasteiger partial charge in [0.25, 0.3) is 0 Å². The van der Waals surface area contributed by atoms with Crippen LogP contribution in [0.5, 0.6) is 0 Å². The molecule has 0 saturated heterocycles. The number of hydrogen-bond acceptors (Lipinski definition) is 3. The van der Waals surface area contributed by atoms with Crippen LogP contribution in [-0.2, 0) is 14.3 Å². The number of ether oxygens (including phenoxy) is 1. The molecule has 0 aromatic rings. The van der Waals surface area contributed by atoms with Crippen LogP contribution >= 0.6 is 0 Å². The number of Topliss-reactive ketones (excluding diaryl/α,β-unsaturated/α-hetero) is 2. The fourth-order valence-electron chi connectivity index (χ4n) is 0.697. The van der Waals surface area contributed by atoms with E-state index in [1.54, 1.807) is 0 Å². The minimum atomic E-state index is 0.0491. The standard InChI is InChI=1S/C9H14O3/c1-3-12-7-6-9(11)5-4-8(2)10/h3H,1,4-7H2,2H3. The highest BCUT2D eigenvalue weighted by molar-refractivity contribution is 5.84. The van der Waals surface area contributed by atoms with Crippen LogP contribution in [0.15, 0.2) is 12.8 Å². The molecule has 0 unspecified atom stereocenters. The number of carbonyl (C=O) groups is 2. The predicted octanol–water partition coefficient (Wildman–Crippen LogP) is 1.47. The van der Waals surface area contributed by atoms with Crippen LogP contribution in [0.3, 0.4) is 0 Å². The van der Waals surface area contributed by atoms with Gasteiger partial charge in [0, 0.05) is 19.3 Å². The van der Waals surface area contributed by atoms with E-state index in [0.717, 1.165) is 0 Å². The lowest BCUT2D eigenvalue weighted by Crippen LogP contribution is -2.04. The van der Waals surface area contributed by atoms with Crippen LogP contribution in [0.2, 0.25) is 0 Å². The van der Waals surface area contributed by atoms with Gasteiger partial charge in [0.15, 0.2) is 0 Å². The van der Waals surface area contributed by atoms with Crippen molar-refractivity contribution < 1.29 is 14.3 Å². The molecule has 0 aliphatic carbocycles. The van der Waals surface area contributed by atoms with Crippen LogP contribution in [0.25, 0.3) is 0 Å². The molecule has 0 fully saturated rings. The molecule has 3 heteroatoms. The van der Waals surface area contributed by atoms with E-state index in [1.165, 1.54) is 13.2 Å². The first-order valence-corrected chi connectivity index (χ1v) is 3.90. The normalized spacial score (nSPS) is 9.08. The molecule has 0 amide bonds. The summed E-state index contributed by atoms with van der Waals surface area (Å²) in [5.74, 6) is 0.111. The van der Waals surface area contributed by atoms with Crippen molar-refractivity contribution in [3.05, 3.63) is 12.8 Å². The second-order valence-corrected chi connectivity index (χ2v) is 2.53. The van der Waals surface area contributed by atoms with Gasteiger partial charge in [-0.15, -0.1) is 0 Å². The summed E-state index contributed by atoms with van der Waals surface area (Å²) >= 11 is 0. The van der Waals surface area contributed by atoms with Crippen LogP contribution in [-0.4, -0.2) is 18.2 Å². The van der Waals surface area contributed by atoms with E-state index in [1.807, 2.05) is 0 Å². The molecular weight excluding hydrogens is 156 g/mol. The molecule has 0 aliphatic rings. The second kappa shape index (κ2) is 6.58. The molecule has 0 radical (unpaired) electrons. The zero-order valence-electron chi connectivity index (χ0n) is 7.34. The van der Waals surface area contributed by atoms with Gasteiger partial charge in [-0.2, -0.15) is 0 Å². The molecule has 0 N–H and O–H groups in total. The Morgan fingerprint density at radius 1 is 1.33 bits per heavy atom. The highest BCUT2D eigenvalue weighted by Crippen LogP contribution is 1.96. The first-order chi connectivity index (χ1) is 5.66. The Hall–Kier alpha value is -1.12. The molecule has 0 aromatic heterocycles.